The molecule has 1 N–H and O–H groups in total. The Kier molecular flexibility index (Phi) is 3.76. The van der Waals surface area contributed by atoms with Gasteiger partial charge in [-0.2, -0.15) is 18.2 Å². The van der Waals surface area contributed by atoms with Crippen LogP contribution in [0.3, 0.4) is 0 Å². The van der Waals surface area contributed by atoms with Gasteiger partial charge >= 0.3 is 18.3 Å². The molecule has 2 aromatic carbocycles. The first-order chi connectivity index (χ1) is 12.8. The molecule has 0 amide bonds. The van der Waals surface area contributed by atoms with Crippen LogP contribution < -0.4 is 9.64 Å². The van der Waals surface area contributed by atoms with Crippen LogP contribution in [0.1, 0.15) is 11.4 Å². The van der Waals surface area contributed by atoms with Crippen LogP contribution in [0.4, 0.5) is 29.3 Å². The predicted octanol–water partition coefficient (Wildman–Crippen LogP) is 3.99. The molecule has 2 heterocycles. The Balaban J connectivity index is 1.81. The predicted molar refractivity (Wildman–Crippen MR) is 87.3 cm³/mol. The molecule has 138 valence electrons. The molecule has 0 bridgehead atoms. The molecule has 3 aromatic rings. The lowest BCUT2D eigenvalue weighted by Gasteiger charge is -2.31. The van der Waals surface area contributed by atoms with E-state index in [1.165, 1.54) is 10.7 Å². The van der Waals surface area contributed by atoms with Gasteiger partial charge in [-0.25, -0.2) is 9.48 Å². The van der Waals surface area contributed by atoms with Gasteiger partial charge in [-0.05, 0) is 30.3 Å². The third-order valence-corrected chi connectivity index (χ3v) is 4.02. The summed E-state index contributed by atoms with van der Waals surface area (Å²) in [5.74, 6) is 0.336. The SMILES string of the molecule is O=C(O)Oc1nc2n(n1)-c1ccccc1N(c1cccc(C(F)(F)F)c1)C2. The molecule has 4 rings (SSSR count). The molecule has 10 heteroatoms. The Hall–Kier alpha value is -3.56. The van der Waals surface area contributed by atoms with Crippen LogP contribution in [0.15, 0.2) is 48.5 Å². The zero-order chi connectivity index (χ0) is 19.2. The Labute approximate surface area is 150 Å². The van der Waals surface area contributed by atoms with Crippen molar-refractivity contribution in [2.75, 3.05) is 4.90 Å². The van der Waals surface area contributed by atoms with Crippen LogP contribution in [0.2, 0.25) is 0 Å². The summed E-state index contributed by atoms with van der Waals surface area (Å²) in [7, 11) is 0. The second-order valence-electron chi connectivity index (χ2n) is 5.71. The second-order valence-corrected chi connectivity index (χ2v) is 5.71. The number of hydrogen-bond donors (Lipinski definition) is 1. The maximum Gasteiger partial charge on any atom is 0.513 e. The number of halogens is 3. The van der Waals surface area contributed by atoms with Crippen molar-refractivity contribution >= 4 is 17.5 Å². The average molecular weight is 376 g/mol. The molecular weight excluding hydrogens is 365 g/mol. The summed E-state index contributed by atoms with van der Waals surface area (Å²) in [4.78, 5) is 16.4. The van der Waals surface area contributed by atoms with Crippen molar-refractivity contribution in [3.05, 3.63) is 59.9 Å². The molecular formula is C17H11F3N4O3. The van der Waals surface area contributed by atoms with E-state index in [0.29, 0.717) is 22.9 Å². The molecule has 1 aromatic heterocycles. The zero-order valence-electron chi connectivity index (χ0n) is 13.5. The first kappa shape index (κ1) is 16.9. The normalized spacial score (nSPS) is 13.1. The highest BCUT2D eigenvalue weighted by Crippen LogP contribution is 2.39. The summed E-state index contributed by atoms with van der Waals surface area (Å²) in [5, 5.41) is 12.7. The van der Waals surface area contributed by atoms with Crippen LogP contribution in [0, 0.1) is 0 Å². The van der Waals surface area contributed by atoms with Crippen molar-refractivity contribution < 1.29 is 27.8 Å². The van der Waals surface area contributed by atoms with Gasteiger partial charge in [0.25, 0.3) is 0 Å². The molecule has 0 spiro atoms. The van der Waals surface area contributed by atoms with E-state index in [0.717, 1.165) is 12.1 Å². The monoisotopic (exact) mass is 376 g/mol. The summed E-state index contributed by atoms with van der Waals surface area (Å²) in [5.41, 5.74) is 0.714. The van der Waals surface area contributed by atoms with Crippen molar-refractivity contribution in [2.24, 2.45) is 0 Å². The van der Waals surface area contributed by atoms with Gasteiger partial charge in [0.1, 0.15) is 0 Å². The van der Waals surface area contributed by atoms with Gasteiger partial charge in [0.2, 0.25) is 0 Å². The zero-order valence-corrected chi connectivity index (χ0v) is 13.5. The van der Waals surface area contributed by atoms with Crippen LogP contribution in [-0.2, 0) is 12.7 Å². The van der Waals surface area contributed by atoms with Gasteiger partial charge in [0.15, 0.2) is 5.82 Å². The number of hydrogen-bond acceptors (Lipinski definition) is 5. The Bertz CT molecular complexity index is 1030. The van der Waals surface area contributed by atoms with Crippen molar-refractivity contribution in [1.29, 1.82) is 0 Å². The lowest BCUT2D eigenvalue weighted by molar-refractivity contribution is -0.137. The van der Waals surface area contributed by atoms with E-state index in [-0.39, 0.29) is 12.6 Å². The minimum Gasteiger partial charge on any atom is -0.449 e. The molecule has 0 fully saturated rings. The van der Waals surface area contributed by atoms with Crippen LogP contribution >= 0.6 is 0 Å². The lowest BCUT2D eigenvalue weighted by Crippen LogP contribution is -2.26. The minimum absolute atomic E-state index is 0.0916. The van der Waals surface area contributed by atoms with Crippen LogP contribution in [-0.4, -0.2) is 26.0 Å². The van der Waals surface area contributed by atoms with Crippen molar-refractivity contribution in [1.82, 2.24) is 14.8 Å². The first-order valence-electron chi connectivity index (χ1n) is 7.74. The van der Waals surface area contributed by atoms with E-state index in [9.17, 15) is 18.0 Å². The Morgan fingerprint density at radius 3 is 2.56 bits per heavy atom. The van der Waals surface area contributed by atoms with Gasteiger partial charge in [0.05, 0.1) is 23.5 Å². The highest BCUT2D eigenvalue weighted by atomic mass is 19.4. The largest absolute Gasteiger partial charge is 0.513 e. The van der Waals surface area contributed by atoms with E-state index in [2.05, 4.69) is 14.8 Å². The van der Waals surface area contributed by atoms with Crippen molar-refractivity contribution in [3.63, 3.8) is 0 Å². The number of aromatic nitrogens is 3. The number of benzene rings is 2. The van der Waals surface area contributed by atoms with Crippen molar-refractivity contribution in [2.45, 2.75) is 12.7 Å². The number of ether oxygens (including phenoxy) is 1. The summed E-state index contributed by atoms with van der Waals surface area (Å²) in [6.07, 6.45) is -6.02. The van der Waals surface area contributed by atoms with E-state index in [1.807, 2.05) is 0 Å². The Morgan fingerprint density at radius 2 is 1.85 bits per heavy atom. The molecule has 0 unspecified atom stereocenters. The number of carbonyl (C=O) groups is 1. The van der Waals surface area contributed by atoms with Crippen LogP contribution in [0.25, 0.3) is 5.69 Å². The molecule has 1 aliphatic rings. The third-order valence-electron chi connectivity index (χ3n) is 4.02. The highest BCUT2D eigenvalue weighted by molar-refractivity contribution is 5.73. The quantitative estimate of drug-likeness (QED) is 0.681. The number of nitrogens with zero attached hydrogens (tertiary/aromatic N) is 4. The number of rotatable bonds is 2. The summed E-state index contributed by atoms with van der Waals surface area (Å²) < 4.78 is 45.1. The molecule has 27 heavy (non-hydrogen) atoms. The molecule has 1 aliphatic heterocycles. The van der Waals surface area contributed by atoms with E-state index in [4.69, 9.17) is 5.11 Å². The van der Waals surface area contributed by atoms with Crippen LogP contribution in [0.5, 0.6) is 6.01 Å². The fraction of sp³-hybridized carbons (Fsp3) is 0.118. The van der Waals surface area contributed by atoms with Crippen molar-refractivity contribution in [3.8, 4) is 11.7 Å². The lowest BCUT2D eigenvalue weighted by atomic mass is 10.1. The topological polar surface area (TPSA) is 80.5 Å². The summed E-state index contributed by atoms with van der Waals surface area (Å²) in [6, 6.07) is 11.5. The van der Waals surface area contributed by atoms with Gasteiger partial charge in [-0.3, -0.25) is 0 Å². The molecule has 0 radical (unpaired) electrons. The van der Waals surface area contributed by atoms with Gasteiger partial charge < -0.3 is 14.7 Å². The van der Waals surface area contributed by atoms with E-state index < -0.39 is 17.9 Å². The third kappa shape index (κ3) is 3.05. The smallest absolute Gasteiger partial charge is 0.449 e. The minimum atomic E-state index is -4.46. The number of anilines is 2. The number of fused-ring (bicyclic) bond motifs is 3. The fourth-order valence-electron chi connectivity index (χ4n) is 2.92. The van der Waals surface area contributed by atoms with Gasteiger partial charge in [-0.1, -0.05) is 18.2 Å². The standard InChI is InChI=1S/C17H11F3N4O3/c18-17(19,20)10-4-3-5-11(8-10)23-9-14-21-15(27-16(25)26)22-24(14)13-7-2-1-6-12(13)23/h1-8H,9H2,(H,25,26). The highest BCUT2D eigenvalue weighted by Gasteiger charge is 2.32. The number of para-hydroxylation sites is 2. The second kappa shape index (κ2) is 6.01. The molecule has 7 nitrogen and oxygen atoms in total. The van der Waals surface area contributed by atoms with E-state index in [1.54, 1.807) is 35.2 Å². The molecule has 0 atom stereocenters. The number of alkyl halides is 3. The molecule has 0 aliphatic carbocycles. The molecule has 0 saturated carbocycles. The molecule has 0 saturated heterocycles. The fourth-order valence-corrected chi connectivity index (χ4v) is 2.92. The summed E-state index contributed by atoms with van der Waals surface area (Å²) >= 11 is 0. The van der Waals surface area contributed by atoms with Gasteiger partial charge in [-0.15, -0.1) is 5.10 Å². The first-order valence-corrected chi connectivity index (χ1v) is 7.74. The maximum atomic E-state index is 13.1. The van der Waals surface area contributed by atoms with Gasteiger partial charge in [0, 0.05) is 5.69 Å². The Morgan fingerprint density at radius 1 is 1.11 bits per heavy atom. The number of carboxylic acid groups (broad SMARTS) is 1. The summed E-state index contributed by atoms with van der Waals surface area (Å²) in [6.45, 7) is 0.0916. The van der Waals surface area contributed by atoms with E-state index >= 15 is 0 Å². The maximum absolute atomic E-state index is 13.1. The average Bonchev–Trinajstić information content (AvgIpc) is 3.02.